The molecule has 0 spiro atoms. The van der Waals surface area contributed by atoms with E-state index in [0.29, 0.717) is 25.6 Å². The lowest BCUT2D eigenvalue weighted by atomic mass is 10.2. The number of hydrogen-bond donors (Lipinski definition) is 1. The van der Waals surface area contributed by atoms with Crippen molar-refractivity contribution in [1.82, 2.24) is 15.3 Å². The standard InChI is InChI=1S/C17H18N4O/c1-2-7-16(22)18-12-13-21(17-19-10-6-11-20-17)14-15-8-4-3-5-9-15/h3-6,8-11H,12-14H2,1H3,(H,18,22). The molecule has 0 saturated carbocycles. The van der Waals surface area contributed by atoms with E-state index in [9.17, 15) is 4.79 Å². The molecule has 1 aromatic carbocycles. The van der Waals surface area contributed by atoms with Crippen LogP contribution in [-0.2, 0) is 11.3 Å². The second-order valence-electron chi connectivity index (χ2n) is 4.59. The number of nitrogens with zero attached hydrogens (tertiary/aromatic N) is 3. The Kier molecular flexibility index (Phi) is 5.94. The Labute approximate surface area is 130 Å². The van der Waals surface area contributed by atoms with Crippen molar-refractivity contribution >= 4 is 11.9 Å². The first kappa shape index (κ1) is 15.5. The van der Waals surface area contributed by atoms with E-state index < -0.39 is 0 Å². The summed E-state index contributed by atoms with van der Waals surface area (Å²) in [6.07, 6.45) is 3.42. The third-order valence-electron chi connectivity index (χ3n) is 2.96. The van der Waals surface area contributed by atoms with E-state index in [-0.39, 0.29) is 5.91 Å². The number of carbonyl (C=O) groups excluding carboxylic acids is 1. The van der Waals surface area contributed by atoms with Gasteiger partial charge >= 0.3 is 0 Å². The molecular formula is C17H18N4O. The van der Waals surface area contributed by atoms with E-state index in [1.54, 1.807) is 25.4 Å². The quantitative estimate of drug-likeness (QED) is 0.823. The summed E-state index contributed by atoms with van der Waals surface area (Å²) in [5, 5.41) is 2.76. The van der Waals surface area contributed by atoms with Crippen LogP contribution in [0.1, 0.15) is 12.5 Å². The molecule has 0 atom stereocenters. The van der Waals surface area contributed by atoms with E-state index in [4.69, 9.17) is 0 Å². The minimum atomic E-state index is -0.267. The summed E-state index contributed by atoms with van der Waals surface area (Å²) < 4.78 is 0. The Bertz CT molecular complexity index is 647. The van der Waals surface area contributed by atoms with Crippen molar-refractivity contribution in [2.75, 3.05) is 18.0 Å². The molecule has 5 heteroatoms. The van der Waals surface area contributed by atoms with Gasteiger partial charge in [0, 0.05) is 32.0 Å². The van der Waals surface area contributed by atoms with Gasteiger partial charge in [-0.25, -0.2) is 9.97 Å². The highest BCUT2D eigenvalue weighted by molar-refractivity contribution is 5.93. The molecule has 22 heavy (non-hydrogen) atoms. The number of rotatable bonds is 6. The molecule has 0 unspecified atom stereocenters. The highest BCUT2D eigenvalue weighted by atomic mass is 16.1. The fourth-order valence-electron chi connectivity index (χ4n) is 1.97. The number of hydrogen-bond acceptors (Lipinski definition) is 4. The fraction of sp³-hybridized carbons (Fsp3) is 0.235. The van der Waals surface area contributed by atoms with Crippen LogP contribution in [-0.4, -0.2) is 29.0 Å². The second kappa shape index (κ2) is 8.42. The molecular weight excluding hydrogens is 276 g/mol. The van der Waals surface area contributed by atoms with E-state index in [1.165, 1.54) is 0 Å². The second-order valence-corrected chi connectivity index (χ2v) is 4.59. The van der Waals surface area contributed by atoms with Crippen molar-refractivity contribution < 1.29 is 4.79 Å². The molecule has 0 radical (unpaired) electrons. The van der Waals surface area contributed by atoms with Gasteiger partial charge in [-0.05, 0) is 24.5 Å². The van der Waals surface area contributed by atoms with Crippen LogP contribution >= 0.6 is 0 Å². The molecule has 1 amide bonds. The summed E-state index contributed by atoms with van der Waals surface area (Å²) in [4.78, 5) is 22.0. The van der Waals surface area contributed by atoms with Crippen molar-refractivity contribution in [1.29, 1.82) is 0 Å². The predicted octanol–water partition coefficient (Wildman–Crippen LogP) is 1.62. The summed E-state index contributed by atoms with van der Waals surface area (Å²) in [7, 11) is 0. The predicted molar refractivity (Wildman–Crippen MR) is 86.0 cm³/mol. The van der Waals surface area contributed by atoms with Crippen molar-refractivity contribution in [2.45, 2.75) is 13.5 Å². The lowest BCUT2D eigenvalue weighted by molar-refractivity contribution is -0.115. The molecule has 1 heterocycles. The Morgan fingerprint density at radius 3 is 2.59 bits per heavy atom. The number of benzene rings is 1. The molecule has 0 saturated heterocycles. The first-order valence-corrected chi connectivity index (χ1v) is 7.06. The molecule has 112 valence electrons. The number of carbonyl (C=O) groups is 1. The summed E-state index contributed by atoms with van der Waals surface area (Å²) in [5.41, 5.74) is 1.16. The minimum Gasteiger partial charge on any atom is -0.343 e. The Hall–Kier alpha value is -2.87. The molecule has 1 N–H and O–H groups in total. The topological polar surface area (TPSA) is 58.1 Å². The fourth-order valence-corrected chi connectivity index (χ4v) is 1.97. The van der Waals surface area contributed by atoms with Gasteiger partial charge in [-0.2, -0.15) is 0 Å². The van der Waals surface area contributed by atoms with E-state index >= 15 is 0 Å². The summed E-state index contributed by atoms with van der Waals surface area (Å²) in [6.45, 7) is 3.41. The SMILES string of the molecule is CC#CC(=O)NCCN(Cc1ccccc1)c1ncccn1. The van der Waals surface area contributed by atoms with Gasteiger partial charge < -0.3 is 10.2 Å². The maximum Gasteiger partial charge on any atom is 0.295 e. The molecule has 0 bridgehead atoms. The molecule has 0 fully saturated rings. The number of nitrogens with one attached hydrogen (secondary N) is 1. The van der Waals surface area contributed by atoms with Crippen LogP contribution in [0, 0.1) is 11.8 Å². The van der Waals surface area contributed by atoms with E-state index in [0.717, 1.165) is 5.56 Å². The normalized spacial score (nSPS) is 9.50. The van der Waals surface area contributed by atoms with Gasteiger partial charge in [-0.15, -0.1) is 0 Å². The van der Waals surface area contributed by atoms with Crippen LogP contribution < -0.4 is 10.2 Å². The van der Waals surface area contributed by atoms with Crippen molar-refractivity contribution in [2.24, 2.45) is 0 Å². The zero-order valence-corrected chi connectivity index (χ0v) is 12.5. The molecule has 2 rings (SSSR count). The molecule has 1 aromatic heterocycles. The molecule has 0 aliphatic heterocycles. The summed E-state index contributed by atoms with van der Waals surface area (Å²) in [6, 6.07) is 11.9. The maximum absolute atomic E-state index is 11.4. The van der Waals surface area contributed by atoms with Gasteiger partial charge in [-0.3, -0.25) is 4.79 Å². The van der Waals surface area contributed by atoms with Gasteiger partial charge in [0.25, 0.3) is 5.91 Å². The summed E-state index contributed by atoms with van der Waals surface area (Å²) >= 11 is 0. The van der Waals surface area contributed by atoms with Crippen LogP contribution in [0.2, 0.25) is 0 Å². The average molecular weight is 294 g/mol. The number of amides is 1. The Morgan fingerprint density at radius 1 is 1.18 bits per heavy atom. The molecule has 5 nitrogen and oxygen atoms in total. The average Bonchev–Trinajstić information content (AvgIpc) is 2.56. The van der Waals surface area contributed by atoms with Crippen LogP contribution in [0.5, 0.6) is 0 Å². The number of aromatic nitrogens is 2. The van der Waals surface area contributed by atoms with Gasteiger partial charge in [0.05, 0.1) is 0 Å². The Morgan fingerprint density at radius 2 is 1.91 bits per heavy atom. The zero-order valence-electron chi connectivity index (χ0n) is 12.5. The lowest BCUT2D eigenvalue weighted by Gasteiger charge is -2.22. The molecule has 2 aromatic rings. The largest absolute Gasteiger partial charge is 0.343 e. The zero-order chi connectivity index (χ0) is 15.6. The molecule has 0 aliphatic carbocycles. The third kappa shape index (κ3) is 4.91. The smallest absolute Gasteiger partial charge is 0.295 e. The van der Waals surface area contributed by atoms with Gasteiger partial charge in [0.1, 0.15) is 0 Å². The third-order valence-corrected chi connectivity index (χ3v) is 2.96. The summed E-state index contributed by atoms with van der Waals surface area (Å²) in [5.74, 6) is 5.41. The highest BCUT2D eigenvalue weighted by Crippen LogP contribution is 2.10. The van der Waals surface area contributed by atoms with Crippen molar-refractivity contribution in [3.8, 4) is 11.8 Å². The molecule has 0 aliphatic rings. The van der Waals surface area contributed by atoms with E-state index in [1.807, 2.05) is 23.1 Å². The van der Waals surface area contributed by atoms with Crippen molar-refractivity contribution in [3.05, 3.63) is 54.4 Å². The van der Waals surface area contributed by atoms with E-state index in [2.05, 4.69) is 39.3 Å². The first-order chi connectivity index (χ1) is 10.8. The van der Waals surface area contributed by atoms with Crippen molar-refractivity contribution in [3.63, 3.8) is 0 Å². The highest BCUT2D eigenvalue weighted by Gasteiger charge is 2.10. The number of anilines is 1. The first-order valence-electron chi connectivity index (χ1n) is 7.06. The van der Waals surface area contributed by atoms with Crippen LogP contribution in [0.3, 0.4) is 0 Å². The maximum atomic E-state index is 11.4. The minimum absolute atomic E-state index is 0.267. The van der Waals surface area contributed by atoms with Crippen LogP contribution in [0.4, 0.5) is 5.95 Å². The Balaban J connectivity index is 2.02. The van der Waals surface area contributed by atoms with Crippen LogP contribution in [0.15, 0.2) is 48.8 Å². The lowest BCUT2D eigenvalue weighted by Crippen LogP contribution is -2.35. The van der Waals surface area contributed by atoms with Crippen LogP contribution in [0.25, 0.3) is 0 Å². The van der Waals surface area contributed by atoms with Gasteiger partial charge in [0.2, 0.25) is 5.95 Å². The van der Waals surface area contributed by atoms with Gasteiger partial charge in [0.15, 0.2) is 0 Å². The van der Waals surface area contributed by atoms with Gasteiger partial charge in [-0.1, -0.05) is 36.3 Å². The monoisotopic (exact) mass is 294 g/mol.